The second kappa shape index (κ2) is 8.70. The van der Waals surface area contributed by atoms with E-state index in [9.17, 15) is 4.79 Å². The van der Waals surface area contributed by atoms with Gasteiger partial charge < -0.3 is 4.74 Å². The second-order valence-electron chi connectivity index (χ2n) is 7.21. The van der Waals surface area contributed by atoms with Crippen molar-refractivity contribution in [1.82, 2.24) is 4.57 Å². The minimum Gasteiger partial charge on any atom is -0.443 e. The van der Waals surface area contributed by atoms with Crippen LogP contribution in [0.2, 0.25) is 0 Å². The van der Waals surface area contributed by atoms with Gasteiger partial charge in [0, 0.05) is 11.1 Å². The Morgan fingerprint density at radius 3 is 2.64 bits per heavy atom. The Hall–Kier alpha value is -2.29. The largest absolute Gasteiger partial charge is 0.443 e. The van der Waals surface area contributed by atoms with Gasteiger partial charge in [-0.3, -0.25) is 0 Å². The van der Waals surface area contributed by atoms with Crippen LogP contribution in [0.15, 0.2) is 54.6 Å². The Morgan fingerprint density at radius 1 is 1.16 bits per heavy atom. The van der Waals surface area contributed by atoms with Crippen molar-refractivity contribution in [2.45, 2.75) is 59.0 Å². The van der Waals surface area contributed by atoms with E-state index in [4.69, 9.17) is 4.74 Å². The lowest BCUT2D eigenvalue weighted by molar-refractivity contribution is 0.0540. The number of carbonyl (C=O) groups excluding carboxylic acids is 1. The third-order valence-corrected chi connectivity index (χ3v) is 3.86. The smallest absolute Gasteiger partial charge is 0.419 e. The molecule has 134 valence electrons. The van der Waals surface area contributed by atoms with Gasteiger partial charge in [-0.1, -0.05) is 42.5 Å². The predicted molar refractivity (Wildman–Crippen MR) is 105 cm³/mol. The van der Waals surface area contributed by atoms with Crippen molar-refractivity contribution in [2.24, 2.45) is 0 Å². The van der Waals surface area contributed by atoms with E-state index in [2.05, 4.69) is 18.2 Å². The first-order chi connectivity index (χ1) is 11.9. The summed E-state index contributed by atoms with van der Waals surface area (Å²) in [7, 11) is 0. The number of hydrogen-bond donors (Lipinski definition) is 0. The molecule has 1 heterocycles. The summed E-state index contributed by atoms with van der Waals surface area (Å²) in [6, 6.07) is 10.1. The number of unbranched alkanes of at least 4 members (excludes halogenated alkanes) is 2. The van der Waals surface area contributed by atoms with Crippen LogP contribution in [0.5, 0.6) is 0 Å². The molecule has 0 unspecified atom stereocenters. The van der Waals surface area contributed by atoms with E-state index in [0.717, 1.165) is 42.3 Å². The molecule has 0 aliphatic heterocycles. The lowest BCUT2D eigenvalue weighted by atomic mass is 10.1. The second-order valence-corrected chi connectivity index (χ2v) is 7.21. The van der Waals surface area contributed by atoms with Crippen LogP contribution < -0.4 is 0 Å². The Morgan fingerprint density at radius 2 is 1.92 bits per heavy atom. The molecule has 2 rings (SSSR count). The normalized spacial score (nSPS) is 12.5. The molecule has 0 aliphatic carbocycles. The minimum atomic E-state index is -0.503. The number of nitrogens with zero attached hydrogens (tertiary/aromatic N) is 1. The predicted octanol–water partition coefficient (Wildman–Crippen LogP) is 6.27. The lowest BCUT2D eigenvalue weighted by Gasteiger charge is -2.21. The molecule has 0 spiro atoms. The molecule has 1 aromatic heterocycles. The van der Waals surface area contributed by atoms with E-state index in [-0.39, 0.29) is 6.09 Å². The van der Waals surface area contributed by atoms with Gasteiger partial charge in [0.15, 0.2) is 0 Å². The number of para-hydroxylation sites is 1. The van der Waals surface area contributed by atoms with Gasteiger partial charge in [0.25, 0.3) is 0 Å². The zero-order chi connectivity index (χ0) is 18.3. The van der Waals surface area contributed by atoms with Crippen LogP contribution >= 0.6 is 0 Å². The summed E-state index contributed by atoms with van der Waals surface area (Å²) in [6.07, 6.45) is 12.1. The summed E-state index contributed by atoms with van der Waals surface area (Å²) in [5, 5.41) is 1.08. The fourth-order valence-corrected chi connectivity index (χ4v) is 2.77. The van der Waals surface area contributed by atoms with Crippen molar-refractivity contribution >= 4 is 17.0 Å². The molecule has 0 aliphatic rings. The first-order valence-electron chi connectivity index (χ1n) is 9.03. The van der Waals surface area contributed by atoms with Gasteiger partial charge in [-0.2, -0.15) is 0 Å². The SMILES string of the molecule is C/C=C/C=C/CCCCc1cc2ccccc2n1C(=O)OC(C)(C)C. The van der Waals surface area contributed by atoms with Crippen LogP contribution in [0.4, 0.5) is 4.79 Å². The molecule has 1 aromatic carbocycles. The summed E-state index contributed by atoms with van der Waals surface area (Å²) in [5.74, 6) is 0. The average Bonchev–Trinajstić information content (AvgIpc) is 2.90. The maximum absolute atomic E-state index is 12.7. The quantitative estimate of drug-likeness (QED) is 0.459. The van der Waals surface area contributed by atoms with Gasteiger partial charge in [-0.25, -0.2) is 9.36 Å². The fourth-order valence-electron chi connectivity index (χ4n) is 2.77. The lowest BCUT2D eigenvalue weighted by Crippen LogP contribution is -2.28. The highest BCUT2D eigenvalue weighted by Gasteiger charge is 2.21. The van der Waals surface area contributed by atoms with Gasteiger partial charge in [0.05, 0.1) is 5.52 Å². The zero-order valence-electron chi connectivity index (χ0n) is 15.8. The van der Waals surface area contributed by atoms with Crippen molar-refractivity contribution < 1.29 is 9.53 Å². The summed E-state index contributed by atoms with van der Waals surface area (Å²) >= 11 is 0. The van der Waals surface area contributed by atoms with Gasteiger partial charge in [0.2, 0.25) is 0 Å². The van der Waals surface area contributed by atoms with E-state index in [1.165, 1.54) is 0 Å². The standard InChI is InChI=1S/C22H29NO2/c1-5-6-7-8-9-10-11-15-19-17-18-14-12-13-16-20(18)23(19)21(24)25-22(2,3)4/h5-8,12-14,16-17H,9-11,15H2,1-4H3/b6-5+,8-7+. The number of allylic oxidation sites excluding steroid dienone is 4. The molecule has 0 atom stereocenters. The summed E-state index contributed by atoms with van der Waals surface area (Å²) in [6.45, 7) is 7.70. The highest BCUT2D eigenvalue weighted by molar-refractivity contribution is 5.91. The summed E-state index contributed by atoms with van der Waals surface area (Å²) < 4.78 is 7.34. The van der Waals surface area contributed by atoms with E-state index >= 15 is 0 Å². The number of aromatic nitrogens is 1. The van der Waals surface area contributed by atoms with E-state index in [1.54, 1.807) is 4.57 Å². The first-order valence-corrected chi connectivity index (χ1v) is 9.03. The molecular formula is C22H29NO2. The topological polar surface area (TPSA) is 31.2 Å². The average molecular weight is 339 g/mol. The van der Waals surface area contributed by atoms with Crippen molar-refractivity contribution in [3.63, 3.8) is 0 Å². The Kier molecular flexibility index (Phi) is 6.63. The molecule has 0 saturated carbocycles. The van der Waals surface area contributed by atoms with Gasteiger partial charge >= 0.3 is 6.09 Å². The van der Waals surface area contributed by atoms with E-state index < -0.39 is 5.60 Å². The number of aryl methyl sites for hydroxylation is 1. The Bertz CT molecular complexity index is 760. The maximum Gasteiger partial charge on any atom is 0.419 e. The molecule has 25 heavy (non-hydrogen) atoms. The molecule has 3 nitrogen and oxygen atoms in total. The molecule has 3 heteroatoms. The summed E-state index contributed by atoms with van der Waals surface area (Å²) in [5.41, 5.74) is 1.43. The van der Waals surface area contributed by atoms with Crippen LogP contribution in [-0.2, 0) is 11.2 Å². The molecule has 0 amide bonds. The monoisotopic (exact) mass is 339 g/mol. The molecule has 0 bridgehead atoms. The highest BCUT2D eigenvalue weighted by atomic mass is 16.6. The van der Waals surface area contributed by atoms with Gasteiger partial charge in [-0.15, -0.1) is 0 Å². The van der Waals surface area contributed by atoms with Crippen molar-refractivity contribution in [1.29, 1.82) is 0 Å². The van der Waals surface area contributed by atoms with Gasteiger partial charge in [-0.05, 0) is 65.5 Å². The molecule has 0 fully saturated rings. The minimum absolute atomic E-state index is 0.295. The Labute approximate surface area is 151 Å². The number of benzene rings is 1. The third-order valence-electron chi connectivity index (χ3n) is 3.86. The van der Waals surface area contributed by atoms with Crippen LogP contribution in [0.25, 0.3) is 10.9 Å². The van der Waals surface area contributed by atoms with Crippen LogP contribution in [-0.4, -0.2) is 16.3 Å². The number of carbonyl (C=O) groups is 1. The molecule has 0 N–H and O–H groups in total. The molecule has 0 radical (unpaired) electrons. The van der Waals surface area contributed by atoms with Crippen molar-refractivity contribution in [3.8, 4) is 0 Å². The van der Waals surface area contributed by atoms with Crippen LogP contribution in [0, 0.1) is 0 Å². The third kappa shape index (κ3) is 5.63. The molecule has 0 saturated heterocycles. The highest BCUT2D eigenvalue weighted by Crippen LogP contribution is 2.23. The summed E-state index contributed by atoms with van der Waals surface area (Å²) in [4.78, 5) is 12.7. The Balaban J connectivity index is 2.13. The number of fused-ring (bicyclic) bond motifs is 1. The fraction of sp³-hybridized carbons (Fsp3) is 0.409. The molecular weight excluding hydrogens is 310 g/mol. The van der Waals surface area contributed by atoms with Crippen LogP contribution in [0.3, 0.4) is 0 Å². The van der Waals surface area contributed by atoms with Gasteiger partial charge in [0.1, 0.15) is 5.60 Å². The van der Waals surface area contributed by atoms with Crippen LogP contribution in [0.1, 0.15) is 52.7 Å². The van der Waals surface area contributed by atoms with Crippen molar-refractivity contribution in [2.75, 3.05) is 0 Å². The van der Waals surface area contributed by atoms with Crippen molar-refractivity contribution in [3.05, 3.63) is 60.3 Å². The van der Waals surface area contributed by atoms with E-state index in [0.29, 0.717) is 0 Å². The number of rotatable bonds is 6. The maximum atomic E-state index is 12.7. The first kappa shape index (κ1) is 19.0. The van der Waals surface area contributed by atoms with E-state index in [1.807, 2.05) is 64.1 Å². The molecule has 2 aromatic rings. The zero-order valence-corrected chi connectivity index (χ0v) is 15.8. The number of hydrogen-bond acceptors (Lipinski definition) is 2. The number of ether oxygens (including phenoxy) is 1.